The molecular weight excluding hydrogens is 440 g/mol. The highest BCUT2D eigenvalue weighted by Gasteiger charge is 2.60. The van der Waals surface area contributed by atoms with E-state index in [9.17, 15) is 9.59 Å². The van der Waals surface area contributed by atoms with Crippen LogP contribution in [0.5, 0.6) is 0 Å². The molecule has 6 atom stereocenters. The van der Waals surface area contributed by atoms with Crippen LogP contribution in [0.3, 0.4) is 0 Å². The van der Waals surface area contributed by atoms with Crippen molar-refractivity contribution >= 4 is 12.1 Å². The summed E-state index contributed by atoms with van der Waals surface area (Å²) in [7, 11) is 0. The average molecular weight is 483 g/mol. The fraction of sp³-hybridized carbons (Fsp3) is 0.917. The molecule has 4 aliphatic heterocycles. The molecule has 0 aromatic heterocycles. The number of urea groups is 2. The van der Waals surface area contributed by atoms with Crippen molar-refractivity contribution in [3.05, 3.63) is 0 Å². The number of nitrogens with zero attached hydrogens (tertiary/aromatic N) is 4. The van der Waals surface area contributed by atoms with Crippen LogP contribution >= 0.6 is 0 Å². The third-order valence-electron chi connectivity index (χ3n) is 7.03. The maximum atomic E-state index is 13.0. The predicted molar refractivity (Wildman–Crippen MR) is 124 cm³/mol. The number of amides is 4. The molecule has 10 heteroatoms. The Balaban J connectivity index is 1.46. The smallest absolute Gasteiger partial charge is 0.319 e. The normalized spacial score (nSPS) is 32.9. The Labute approximate surface area is 203 Å². The largest absolute Gasteiger partial charge is 0.324 e. The van der Waals surface area contributed by atoms with Gasteiger partial charge in [-0.25, -0.2) is 9.59 Å². The van der Waals surface area contributed by atoms with Crippen molar-refractivity contribution in [2.45, 2.75) is 117 Å². The van der Waals surface area contributed by atoms with Crippen LogP contribution in [0.25, 0.3) is 0 Å². The number of rotatable bonds is 13. The van der Waals surface area contributed by atoms with E-state index in [-0.39, 0.29) is 12.1 Å². The molecule has 0 radical (unpaired) electrons. The van der Waals surface area contributed by atoms with Gasteiger partial charge < -0.3 is 18.9 Å². The lowest BCUT2D eigenvalue weighted by atomic mass is 10.3. The van der Waals surface area contributed by atoms with Crippen LogP contribution in [-0.4, -0.2) is 95.3 Å². The summed E-state index contributed by atoms with van der Waals surface area (Å²) >= 11 is 0. The van der Waals surface area contributed by atoms with Gasteiger partial charge in [0.25, 0.3) is 0 Å². The molecule has 4 amide bonds. The van der Waals surface area contributed by atoms with Crippen molar-refractivity contribution < 1.29 is 28.5 Å². The first kappa shape index (κ1) is 25.5. The van der Waals surface area contributed by atoms with Crippen LogP contribution in [-0.2, 0) is 18.9 Å². The highest BCUT2D eigenvalue weighted by molar-refractivity contribution is 5.78. The van der Waals surface area contributed by atoms with E-state index in [2.05, 4.69) is 27.7 Å². The Morgan fingerprint density at radius 3 is 0.941 bits per heavy atom. The van der Waals surface area contributed by atoms with Gasteiger partial charge in [0.1, 0.15) is 0 Å². The van der Waals surface area contributed by atoms with E-state index in [1.165, 1.54) is 0 Å². The molecule has 0 bridgehead atoms. The van der Waals surface area contributed by atoms with Crippen molar-refractivity contribution in [2.24, 2.45) is 0 Å². The average Bonchev–Trinajstić information content (AvgIpc) is 3.55. The molecule has 0 N–H and O–H groups in total. The van der Waals surface area contributed by atoms with E-state index >= 15 is 0 Å². The summed E-state index contributed by atoms with van der Waals surface area (Å²) in [6.45, 7) is 11.0. The second-order valence-corrected chi connectivity index (χ2v) is 9.60. The summed E-state index contributed by atoms with van der Waals surface area (Å²) in [5.74, 6) is 0. The minimum absolute atomic E-state index is 0.0254. The topological polar surface area (TPSA) is 84.0 Å². The summed E-state index contributed by atoms with van der Waals surface area (Å²) in [5.41, 5.74) is 0. The van der Waals surface area contributed by atoms with Gasteiger partial charge in [-0.15, -0.1) is 0 Å². The van der Waals surface area contributed by atoms with E-state index in [0.29, 0.717) is 26.2 Å². The van der Waals surface area contributed by atoms with Crippen molar-refractivity contribution in [1.82, 2.24) is 19.6 Å². The molecule has 0 saturated carbocycles. The predicted octanol–water partition coefficient (Wildman–Crippen LogP) is 3.71. The molecule has 4 fully saturated rings. The maximum Gasteiger partial charge on any atom is 0.324 e. The first-order chi connectivity index (χ1) is 16.5. The van der Waals surface area contributed by atoms with E-state index < -0.39 is 37.5 Å². The molecule has 0 aromatic rings. The molecule has 4 saturated heterocycles. The molecule has 0 spiro atoms. The van der Waals surface area contributed by atoms with Crippen LogP contribution in [0.1, 0.15) is 79.1 Å². The van der Waals surface area contributed by atoms with Gasteiger partial charge >= 0.3 is 12.1 Å². The second-order valence-electron chi connectivity index (χ2n) is 9.60. The molecule has 0 aliphatic carbocycles. The van der Waals surface area contributed by atoms with E-state index in [1.807, 2.05) is 0 Å². The molecule has 194 valence electrons. The van der Waals surface area contributed by atoms with Gasteiger partial charge in [-0.2, -0.15) is 0 Å². The molecule has 10 nitrogen and oxygen atoms in total. The quantitative estimate of drug-likeness (QED) is 0.398. The molecular formula is C24H42N4O6. The Morgan fingerprint density at radius 2 is 0.735 bits per heavy atom. The Morgan fingerprint density at radius 1 is 0.500 bits per heavy atom. The van der Waals surface area contributed by atoms with Crippen molar-refractivity contribution in [2.75, 3.05) is 26.2 Å². The Hall–Kier alpha value is -1.62. The number of hydrogen-bond donors (Lipinski definition) is 0. The van der Waals surface area contributed by atoms with Gasteiger partial charge in [-0.1, -0.05) is 53.4 Å². The Kier molecular flexibility index (Phi) is 8.55. The first-order valence-corrected chi connectivity index (χ1v) is 13.3. The fourth-order valence-corrected chi connectivity index (χ4v) is 5.02. The van der Waals surface area contributed by atoms with Crippen LogP contribution in [0.2, 0.25) is 0 Å². The van der Waals surface area contributed by atoms with Crippen molar-refractivity contribution in [3.8, 4) is 0 Å². The van der Waals surface area contributed by atoms with Crippen molar-refractivity contribution in [1.29, 1.82) is 0 Å². The van der Waals surface area contributed by atoms with Gasteiger partial charge in [0.2, 0.25) is 12.6 Å². The number of carbonyl (C=O) groups excluding carboxylic acids is 2. The number of carbonyl (C=O) groups is 2. The van der Waals surface area contributed by atoms with Gasteiger partial charge in [0, 0.05) is 26.2 Å². The summed E-state index contributed by atoms with van der Waals surface area (Å²) in [6, 6.07) is -0.0508. The molecule has 4 aliphatic rings. The molecule has 4 heterocycles. The Bertz CT molecular complexity index is 601. The van der Waals surface area contributed by atoms with Crippen LogP contribution < -0.4 is 0 Å². The summed E-state index contributed by atoms with van der Waals surface area (Å²) < 4.78 is 25.0. The van der Waals surface area contributed by atoms with Crippen molar-refractivity contribution in [3.63, 3.8) is 0 Å². The van der Waals surface area contributed by atoms with Crippen LogP contribution in [0, 0.1) is 0 Å². The minimum atomic E-state index is -0.752. The molecule has 0 aromatic carbocycles. The maximum absolute atomic E-state index is 13.0. The second kappa shape index (κ2) is 11.4. The number of fused-ring (bicyclic) bond motifs is 2. The summed E-state index contributed by atoms with van der Waals surface area (Å²) in [6.07, 6.45) is 4.23. The molecule has 4 rings (SSSR count). The van der Waals surface area contributed by atoms with Crippen LogP contribution in [0.15, 0.2) is 0 Å². The standard InChI is InChI=1S/C24H42N4O6/c1-5-9-13-25-17-18(26(23(25)29)14-10-6-2)32-21(31-17)22-33-19-20(34-22)28(16-12-8-4)24(30)27(19)15-11-7-3/h17-22H,5-16H2,1-4H3/t17-,18+,19-,20+,21?,22?. The van der Waals surface area contributed by atoms with Gasteiger partial charge in [0.15, 0.2) is 24.9 Å². The zero-order valence-corrected chi connectivity index (χ0v) is 21.2. The fourth-order valence-electron chi connectivity index (χ4n) is 5.02. The van der Waals surface area contributed by atoms with E-state index in [4.69, 9.17) is 18.9 Å². The highest BCUT2D eigenvalue weighted by atomic mass is 16.8. The first-order valence-electron chi connectivity index (χ1n) is 13.3. The third-order valence-corrected chi connectivity index (χ3v) is 7.03. The van der Waals surface area contributed by atoms with Crippen LogP contribution in [0.4, 0.5) is 9.59 Å². The number of ether oxygens (including phenoxy) is 4. The summed E-state index contributed by atoms with van der Waals surface area (Å²) in [5, 5.41) is 0. The summed E-state index contributed by atoms with van der Waals surface area (Å²) in [4.78, 5) is 33.2. The number of unbranched alkanes of at least 4 members (excludes halogenated alkanes) is 4. The molecule has 2 unspecified atom stereocenters. The monoisotopic (exact) mass is 482 g/mol. The highest BCUT2D eigenvalue weighted by Crippen LogP contribution is 2.40. The lowest BCUT2D eigenvalue weighted by Crippen LogP contribution is -2.43. The lowest BCUT2D eigenvalue weighted by Gasteiger charge is -2.28. The SMILES string of the molecule is CCCCN1C(=O)N(CCCC)[C@H]2OC(C3O[C@@H]4[C@H](O3)N(CCCC)C(=O)N4CCCC)O[C@H]21. The van der Waals surface area contributed by atoms with E-state index in [0.717, 1.165) is 51.4 Å². The van der Waals surface area contributed by atoms with Gasteiger partial charge in [0.05, 0.1) is 0 Å². The van der Waals surface area contributed by atoms with Gasteiger partial charge in [-0.3, -0.25) is 19.6 Å². The van der Waals surface area contributed by atoms with E-state index in [1.54, 1.807) is 19.6 Å². The molecule has 34 heavy (non-hydrogen) atoms. The third kappa shape index (κ3) is 4.74. The minimum Gasteiger partial charge on any atom is -0.319 e. The zero-order valence-electron chi connectivity index (χ0n) is 21.2. The van der Waals surface area contributed by atoms with Gasteiger partial charge in [-0.05, 0) is 25.7 Å². The number of hydrogen-bond acceptors (Lipinski definition) is 6. The zero-order chi connectivity index (χ0) is 24.2. The lowest BCUT2D eigenvalue weighted by molar-refractivity contribution is -0.242.